The van der Waals surface area contributed by atoms with Crippen LogP contribution in [0.2, 0.25) is 5.02 Å². The molecule has 1 atom stereocenters. The molecule has 0 saturated heterocycles. The zero-order valence-electron chi connectivity index (χ0n) is 15.8. The molecule has 1 aromatic heterocycles. The molecule has 2 heterocycles. The molecule has 148 valence electrons. The van der Waals surface area contributed by atoms with E-state index in [9.17, 15) is 9.59 Å². The fraction of sp³-hybridized carbons (Fsp3) is 0.227. The van der Waals surface area contributed by atoms with Gasteiger partial charge in [-0.3, -0.25) is 9.59 Å². The van der Waals surface area contributed by atoms with Crippen LogP contribution < -0.4 is 10.6 Å². The standard InChI is InChI=1S/C22H19BrClN3O2/c1-12-19(22(29)27-18-9-8-14(23)11-25-18)20(13-4-2-5-15(24)10-13)21-16(26-12)6-3-7-17(21)28/h2,4-5,8-11,20,26H,3,6-7H2,1H3,(H,25,27,29). The molecule has 1 unspecified atom stereocenters. The molecule has 1 aliphatic heterocycles. The highest BCUT2D eigenvalue weighted by molar-refractivity contribution is 9.10. The lowest BCUT2D eigenvalue weighted by Gasteiger charge is -2.34. The third-order valence-corrected chi connectivity index (χ3v) is 5.88. The molecule has 29 heavy (non-hydrogen) atoms. The SMILES string of the molecule is CC1=C(C(=O)Nc2ccc(Br)cn2)C(c2cccc(Cl)c2)C2=C(CCCC2=O)N1. The number of amides is 1. The van der Waals surface area contributed by atoms with Crippen LogP contribution in [0, 0.1) is 0 Å². The summed E-state index contributed by atoms with van der Waals surface area (Å²) in [6.45, 7) is 1.87. The molecule has 7 heteroatoms. The quantitative estimate of drug-likeness (QED) is 0.652. The van der Waals surface area contributed by atoms with Crippen molar-refractivity contribution >= 4 is 45.0 Å². The van der Waals surface area contributed by atoms with Crippen LogP contribution in [0.3, 0.4) is 0 Å². The van der Waals surface area contributed by atoms with E-state index in [2.05, 4.69) is 31.5 Å². The molecule has 5 nitrogen and oxygen atoms in total. The predicted octanol–water partition coefficient (Wildman–Crippen LogP) is 5.10. The fourth-order valence-electron chi connectivity index (χ4n) is 3.94. The summed E-state index contributed by atoms with van der Waals surface area (Å²) in [5, 5.41) is 6.73. The van der Waals surface area contributed by atoms with Gasteiger partial charge in [0.1, 0.15) is 5.82 Å². The summed E-state index contributed by atoms with van der Waals surface area (Å²) >= 11 is 9.58. The van der Waals surface area contributed by atoms with E-state index in [0.717, 1.165) is 34.3 Å². The number of dihydropyridines is 1. The van der Waals surface area contributed by atoms with Gasteiger partial charge in [-0.25, -0.2) is 4.98 Å². The Morgan fingerprint density at radius 3 is 2.83 bits per heavy atom. The van der Waals surface area contributed by atoms with Gasteiger partial charge >= 0.3 is 0 Å². The summed E-state index contributed by atoms with van der Waals surface area (Å²) in [5.74, 6) is -0.241. The maximum absolute atomic E-state index is 13.3. The lowest BCUT2D eigenvalue weighted by molar-refractivity contribution is -0.116. The van der Waals surface area contributed by atoms with Crippen molar-refractivity contribution in [2.24, 2.45) is 0 Å². The van der Waals surface area contributed by atoms with Crippen LogP contribution in [-0.2, 0) is 9.59 Å². The highest BCUT2D eigenvalue weighted by Gasteiger charge is 2.38. The number of aromatic nitrogens is 1. The molecule has 4 rings (SSSR count). The minimum Gasteiger partial charge on any atom is -0.362 e. The zero-order chi connectivity index (χ0) is 20.5. The van der Waals surface area contributed by atoms with E-state index in [0.29, 0.717) is 28.4 Å². The summed E-state index contributed by atoms with van der Waals surface area (Å²) in [6, 6.07) is 10.9. The largest absolute Gasteiger partial charge is 0.362 e. The number of carbonyl (C=O) groups excluding carboxylic acids is 2. The number of halogens is 2. The Balaban J connectivity index is 1.78. The van der Waals surface area contributed by atoms with Crippen molar-refractivity contribution in [1.82, 2.24) is 10.3 Å². The highest BCUT2D eigenvalue weighted by atomic mass is 79.9. The van der Waals surface area contributed by atoms with Crippen LogP contribution in [0.4, 0.5) is 5.82 Å². The predicted molar refractivity (Wildman–Crippen MR) is 116 cm³/mol. The second kappa shape index (κ2) is 8.13. The third kappa shape index (κ3) is 4.00. The van der Waals surface area contributed by atoms with E-state index in [4.69, 9.17) is 11.6 Å². The maximum atomic E-state index is 13.3. The minimum atomic E-state index is -0.465. The van der Waals surface area contributed by atoms with E-state index in [1.165, 1.54) is 0 Å². The normalized spacial score (nSPS) is 19.0. The lowest BCUT2D eigenvalue weighted by Crippen LogP contribution is -2.35. The van der Waals surface area contributed by atoms with Crippen molar-refractivity contribution in [3.8, 4) is 0 Å². The number of Topliss-reactive ketones (excluding diaryl/α,β-unsaturated/α-hetero) is 1. The number of nitrogens with one attached hydrogen (secondary N) is 2. The van der Waals surface area contributed by atoms with Gasteiger partial charge in [0.2, 0.25) is 0 Å². The van der Waals surface area contributed by atoms with Gasteiger partial charge in [0, 0.05) is 50.6 Å². The van der Waals surface area contributed by atoms with Crippen LogP contribution in [0.1, 0.15) is 37.7 Å². The first-order valence-corrected chi connectivity index (χ1v) is 10.5. The molecular formula is C22H19BrClN3O2. The molecule has 0 saturated carbocycles. The van der Waals surface area contributed by atoms with E-state index in [1.54, 1.807) is 18.3 Å². The van der Waals surface area contributed by atoms with Crippen LogP contribution >= 0.6 is 27.5 Å². The minimum absolute atomic E-state index is 0.0725. The number of allylic oxidation sites excluding steroid dienone is 3. The van der Waals surface area contributed by atoms with Crippen molar-refractivity contribution < 1.29 is 9.59 Å². The average molecular weight is 473 g/mol. The van der Waals surface area contributed by atoms with Crippen LogP contribution in [0.25, 0.3) is 0 Å². The van der Waals surface area contributed by atoms with Crippen molar-refractivity contribution in [3.63, 3.8) is 0 Å². The number of nitrogens with zero attached hydrogens (tertiary/aromatic N) is 1. The Labute approximate surface area is 182 Å². The number of pyridine rings is 1. The Morgan fingerprint density at radius 2 is 2.10 bits per heavy atom. The summed E-state index contributed by atoms with van der Waals surface area (Å²) in [7, 11) is 0. The first-order valence-electron chi connectivity index (χ1n) is 9.36. The Kier molecular flexibility index (Phi) is 5.56. The zero-order valence-corrected chi connectivity index (χ0v) is 18.1. The van der Waals surface area contributed by atoms with Crippen LogP contribution in [0.5, 0.6) is 0 Å². The van der Waals surface area contributed by atoms with Crippen molar-refractivity contribution in [3.05, 3.63) is 80.2 Å². The molecule has 0 radical (unpaired) electrons. The summed E-state index contributed by atoms with van der Waals surface area (Å²) < 4.78 is 0.824. The number of anilines is 1. The third-order valence-electron chi connectivity index (χ3n) is 5.17. The topological polar surface area (TPSA) is 71.1 Å². The number of ketones is 1. The fourth-order valence-corrected chi connectivity index (χ4v) is 4.37. The molecule has 2 aromatic rings. The van der Waals surface area contributed by atoms with E-state index in [1.807, 2.05) is 31.2 Å². The first-order chi connectivity index (χ1) is 13.9. The average Bonchev–Trinajstić information content (AvgIpc) is 2.69. The van der Waals surface area contributed by atoms with Gasteiger partial charge in [0.15, 0.2) is 5.78 Å². The lowest BCUT2D eigenvalue weighted by atomic mass is 9.75. The van der Waals surface area contributed by atoms with E-state index in [-0.39, 0.29) is 11.7 Å². The smallest absolute Gasteiger partial charge is 0.255 e. The van der Waals surface area contributed by atoms with Crippen LogP contribution in [0.15, 0.2) is 69.6 Å². The van der Waals surface area contributed by atoms with Gasteiger partial charge in [-0.15, -0.1) is 0 Å². The second-order valence-corrected chi connectivity index (χ2v) is 8.49. The first kappa shape index (κ1) is 19.9. The number of hydrogen-bond donors (Lipinski definition) is 2. The highest BCUT2D eigenvalue weighted by Crippen LogP contribution is 2.42. The van der Waals surface area contributed by atoms with Gasteiger partial charge in [0.05, 0.1) is 0 Å². The monoisotopic (exact) mass is 471 g/mol. The molecule has 0 bridgehead atoms. The van der Waals surface area contributed by atoms with Gasteiger partial charge in [-0.1, -0.05) is 23.7 Å². The Hall–Kier alpha value is -2.44. The van der Waals surface area contributed by atoms with E-state index >= 15 is 0 Å². The van der Waals surface area contributed by atoms with Crippen molar-refractivity contribution in [2.45, 2.75) is 32.1 Å². The summed E-state index contributed by atoms with van der Waals surface area (Å²) in [4.78, 5) is 30.4. The molecule has 0 fully saturated rings. The maximum Gasteiger partial charge on any atom is 0.255 e. The molecule has 1 aliphatic carbocycles. The van der Waals surface area contributed by atoms with Crippen molar-refractivity contribution in [1.29, 1.82) is 0 Å². The molecule has 0 spiro atoms. The Bertz CT molecular complexity index is 1060. The molecular weight excluding hydrogens is 454 g/mol. The van der Waals surface area contributed by atoms with Gasteiger partial charge in [-0.05, 0) is 65.5 Å². The van der Waals surface area contributed by atoms with Gasteiger partial charge < -0.3 is 10.6 Å². The Morgan fingerprint density at radius 1 is 1.28 bits per heavy atom. The number of carbonyl (C=O) groups is 2. The van der Waals surface area contributed by atoms with Gasteiger partial charge in [0.25, 0.3) is 5.91 Å². The van der Waals surface area contributed by atoms with Gasteiger partial charge in [-0.2, -0.15) is 0 Å². The van der Waals surface area contributed by atoms with E-state index < -0.39 is 5.92 Å². The number of hydrogen-bond acceptors (Lipinski definition) is 4. The van der Waals surface area contributed by atoms with Crippen LogP contribution in [-0.4, -0.2) is 16.7 Å². The molecule has 2 N–H and O–H groups in total. The second-order valence-electron chi connectivity index (χ2n) is 7.14. The number of rotatable bonds is 3. The van der Waals surface area contributed by atoms with Crippen molar-refractivity contribution in [2.75, 3.05) is 5.32 Å². The number of benzene rings is 1. The summed E-state index contributed by atoms with van der Waals surface area (Å²) in [5.41, 5.74) is 3.64. The summed E-state index contributed by atoms with van der Waals surface area (Å²) in [6.07, 6.45) is 3.71. The molecule has 2 aliphatic rings. The molecule has 1 amide bonds. The molecule has 1 aromatic carbocycles.